The second-order valence-corrected chi connectivity index (χ2v) is 3.79. The molecule has 3 nitrogen and oxygen atoms in total. The molecule has 72 valence electrons. The smallest absolute Gasteiger partial charge is 0.0546 e. The Bertz CT molecular complexity index is 282. The number of aromatic nitrogens is 2. The summed E-state index contributed by atoms with van der Waals surface area (Å²) < 4.78 is 1.94. The van der Waals surface area contributed by atoms with Crippen LogP contribution in [0.1, 0.15) is 37.7 Å². The molecule has 0 aliphatic heterocycles. The average molecular weight is 180 g/mol. The van der Waals surface area contributed by atoms with Gasteiger partial charge in [0, 0.05) is 12.7 Å². The van der Waals surface area contributed by atoms with Gasteiger partial charge in [-0.1, -0.05) is 0 Å². The van der Waals surface area contributed by atoms with E-state index in [0.29, 0.717) is 5.92 Å². The molecule has 1 aromatic rings. The maximum absolute atomic E-state index is 9.40. The Morgan fingerprint density at radius 3 is 3.00 bits per heavy atom. The van der Waals surface area contributed by atoms with E-state index in [1.165, 1.54) is 5.56 Å². The van der Waals surface area contributed by atoms with Crippen LogP contribution in [-0.2, 0) is 6.54 Å². The van der Waals surface area contributed by atoms with Gasteiger partial charge in [0.15, 0.2) is 0 Å². The van der Waals surface area contributed by atoms with Crippen LogP contribution in [0.3, 0.4) is 0 Å². The molecule has 0 radical (unpaired) electrons. The second kappa shape index (κ2) is 3.50. The lowest BCUT2D eigenvalue weighted by molar-refractivity contribution is 0.181. The summed E-state index contributed by atoms with van der Waals surface area (Å²) in [5.74, 6) is 0.537. The van der Waals surface area contributed by atoms with Gasteiger partial charge in [-0.2, -0.15) is 5.10 Å². The topological polar surface area (TPSA) is 38.0 Å². The highest BCUT2D eigenvalue weighted by Gasteiger charge is 2.24. The van der Waals surface area contributed by atoms with Crippen molar-refractivity contribution in [2.45, 2.75) is 44.8 Å². The second-order valence-electron chi connectivity index (χ2n) is 3.79. The minimum absolute atomic E-state index is 0.0880. The van der Waals surface area contributed by atoms with Gasteiger partial charge in [-0.05, 0) is 37.7 Å². The molecule has 1 aromatic heterocycles. The van der Waals surface area contributed by atoms with E-state index in [-0.39, 0.29) is 6.10 Å². The maximum Gasteiger partial charge on any atom is 0.0546 e. The number of aliphatic hydroxyl groups excluding tert-OH is 1. The van der Waals surface area contributed by atoms with Crippen molar-refractivity contribution in [1.29, 1.82) is 0 Å². The molecule has 1 aliphatic carbocycles. The zero-order valence-corrected chi connectivity index (χ0v) is 7.98. The van der Waals surface area contributed by atoms with Crippen molar-refractivity contribution in [1.82, 2.24) is 9.78 Å². The monoisotopic (exact) mass is 180 g/mol. The molecule has 3 heteroatoms. The van der Waals surface area contributed by atoms with Crippen molar-refractivity contribution in [2.24, 2.45) is 0 Å². The summed E-state index contributed by atoms with van der Waals surface area (Å²) in [6, 6.07) is 0. The van der Waals surface area contributed by atoms with Gasteiger partial charge in [-0.3, -0.25) is 4.68 Å². The van der Waals surface area contributed by atoms with Gasteiger partial charge in [-0.25, -0.2) is 0 Å². The lowest BCUT2D eigenvalue weighted by Crippen LogP contribution is -1.99. The summed E-state index contributed by atoms with van der Waals surface area (Å²) in [4.78, 5) is 0. The first-order valence-corrected chi connectivity index (χ1v) is 5.00. The zero-order chi connectivity index (χ0) is 9.26. The van der Waals surface area contributed by atoms with Crippen molar-refractivity contribution in [3.05, 3.63) is 18.0 Å². The fourth-order valence-electron chi connectivity index (χ4n) is 2.02. The van der Waals surface area contributed by atoms with Crippen LogP contribution < -0.4 is 0 Å². The van der Waals surface area contributed by atoms with Crippen LogP contribution in [0.5, 0.6) is 0 Å². The molecule has 1 N–H and O–H groups in total. The predicted molar refractivity (Wildman–Crippen MR) is 50.5 cm³/mol. The molecule has 13 heavy (non-hydrogen) atoms. The van der Waals surface area contributed by atoms with Gasteiger partial charge < -0.3 is 5.11 Å². The summed E-state index contributed by atoms with van der Waals surface area (Å²) in [7, 11) is 0. The van der Waals surface area contributed by atoms with Crippen molar-refractivity contribution >= 4 is 0 Å². The molecule has 2 unspecified atom stereocenters. The van der Waals surface area contributed by atoms with Crippen LogP contribution in [0.25, 0.3) is 0 Å². The average Bonchev–Trinajstić information content (AvgIpc) is 2.71. The molecule has 1 saturated carbocycles. The Labute approximate surface area is 78.4 Å². The van der Waals surface area contributed by atoms with Crippen molar-refractivity contribution in [2.75, 3.05) is 0 Å². The first-order chi connectivity index (χ1) is 6.29. The van der Waals surface area contributed by atoms with Crippen LogP contribution in [0.2, 0.25) is 0 Å². The Morgan fingerprint density at radius 1 is 1.62 bits per heavy atom. The van der Waals surface area contributed by atoms with Gasteiger partial charge >= 0.3 is 0 Å². The van der Waals surface area contributed by atoms with E-state index in [1.807, 2.05) is 10.9 Å². The Morgan fingerprint density at radius 2 is 2.46 bits per heavy atom. The molecule has 0 spiro atoms. The molecular weight excluding hydrogens is 164 g/mol. The Balaban J connectivity index is 2.08. The fourth-order valence-corrected chi connectivity index (χ4v) is 2.02. The van der Waals surface area contributed by atoms with Crippen molar-refractivity contribution in [3.63, 3.8) is 0 Å². The third-order valence-corrected chi connectivity index (χ3v) is 2.85. The minimum Gasteiger partial charge on any atom is -0.393 e. The largest absolute Gasteiger partial charge is 0.393 e. The van der Waals surface area contributed by atoms with Crippen molar-refractivity contribution < 1.29 is 5.11 Å². The number of hydrogen-bond donors (Lipinski definition) is 1. The number of aliphatic hydroxyl groups is 1. The highest BCUT2D eigenvalue weighted by Crippen LogP contribution is 2.33. The lowest BCUT2D eigenvalue weighted by Gasteiger charge is -2.04. The molecule has 0 saturated heterocycles. The van der Waals surface area contributed by atoms with E-state index in [2.05, 4.69) is 18.2 Å². The normalized spacial score (nSPS) is 28.2. The lowest BCUT2D eigenvalue weighted by atomic mass is 10.0. The SMILES string of the molecule is CCn1cc(C2CCC(O)C2)cn1. The number of aryl methyl sites for hydroxylation is 1. The summed E-state index contributed by atoms with van der Waals surface area (Å²) in [5, 5.41) is 13.6. The van der Waals surface area contributed by atoms with Crippen LogP contribution >= 0.6 is 0 Å². The van der Waals surface area contributed by atoms with E-state index in [0.717, 1.165) is 25.8 Å². The molecular formula is C10H16N2O. The quantitative estimate of drug-likeness (QED) is 0.749. The highest BCUT2D eigenvalue weighted by atomic mass is 16.3. The van der Waals surface area contributed by atoms with E-state index in [1.54, 1.807) is 0 Å². The van der Waals surface area contributed by atoms with E-state index >= 15 is 0 Å². The minimum atomic E-state index is -0.0880. The van der Waals surface area contributed by atoms with E-state index in [9.17, 15) is 5.11 Å². The van der Waals surface area contributed by atoms with Crippen LogP contribution in [0.15, 0.2) is 12.4 Å². The third-order valence-electron chi connectivity index (χ3n) is 2.85. The predicted octanol–water partition coefficient (Wildman–Crippen LogP) is 1.53. The fraction of sp³-hybridized carbons (Fsp3) is 0.700. The molecule has 0 bridgehead atoms. The molecule has 1 fully saturated rings. The van der Waals surface area contributed by atoms with Gasteiger partial charge in [-0.15, -0.1) is 0 Å². The summed E-state index contributed by atoms with van der Waals surface area (Å²) >= 11 is 0. The molecule has 1 heterocycles. The number of nitrogens with zero attached hydrogens (tertiary/aromatic N) is 2. The standard InChI is InChI=1S/C10H16N2O/c1-2-12-7-9(6-11-12)8-3-4-10(13)5-8/h6-8,10,13H,2-5H2,1H3. The van der Waals surface area contributed by atoms with Crippen LogP contribution in [0.4, 0.5) is 0 Å². The highest BCUT2D eigenvalue weighted by molar-refractivity contribution is 5.13. The Hall–Kier alpha value is -0.830. The first-order valence-electron chi connectivity index (χ1n) is 5.00. The first kappa shape index (κ1) is 8.75. The van der Waals surface area contributed by atoms with Crippen LogP contribution in [0, 0.1) is 0 Å². The number of rotatable bonds is 2. The molecule has 0 amide bonds. The third kappa shape index (κ3) is 1.75. The molecule has 2 atom stereocenters. The van der Waals surface area contributed by atoms with Gasteiger partial charge in [0.05, 0.1) is 12.3 Å². The number of hydrogen-bond acceptors (Lipinski definition) is 2. The molecule has 1 aliphatic rings. The summed E-state index contributed by atoms with van der Waals surface area (Å²) in [6.45, 7) is 3.01. The van der Waals surface area contributed by atoms with Crippen LogP contribution in [-0.4, -0.2) is 21.0 Å². The maximum atomic E-state index is 9.40. The zero-order valence-electron chi connectivity index (χ0n) is 7.98. The van der Waals surface area contributed by atoms with E-state index < -0.39 is 0 Å². The van der Waals surface area contributed by atoms with Crippen molar-refractivity contribution in [3.8, 4) is 0 Å². The van der Waals surface area contributed by atoms with Gasteiger partial charge in [0.2, 0.25) is 0 Å². The Kier molecular flexibility index (Phi) is 2.36. The van der Waals surface area contributed by atoms with Gasteiger partial charge in [0.25, 0.3) is 0 Å². The van der Waals surface area contributed by atoms with E-state index in [4.69, 9.17) is 0 Å². The molecule has 0 aromatic carbocycles. The molecule has 2 rings (SSSR count). The summed E-state index contributed by atoms with van der Waals surface area (Å²) in [5.41, 5.74) is 1.29. The van der Waals surface area contributed by atoms with Gasteiger partial charge in [0.1, 0.15) is 0 Å². The summed E-state index contributed by atoms with van der Waals surface area (Å²) in [6.07, 6.45) is 6.91.